The van der Waals surface area contributed by atoms with E-state index in [0.29, 0.717) is 0 Å². The van der Waals surface area contributed by atoms with Crippen LogP contribution in [-0.2, 0) is 4.74 Å². The number of esters is 1. The highest BCUT2D eigenvalue weighted by Gasteiger charge is 2.22. The van der Waals surface area contributed by atoms with E-state index in [1.807, 2.05) is 0 Å². The summed E-state index contributed by atoms with van der Waals surface area (Å²) in [7, 11) is 0. The minimum absolute atomic E-state index is 0.235. The smallest absolute Gasteiger partial charge is 0.339 e. The highest BCUT2D eigenvalue weighted by molar-refractivity contribution is 5.91. The van der Waals surface area contributed by atoms with Gasteiger partial charge in [0.1, 0.15) is 6.07 Å². The number of nitriles is 1. The Morgan fingerprint density at radius 2 is 1.80 bits per heavy atom. The Morgan fingerprint density at radius 3 is 2.15 bits per heavy atom. The van der Waals surface area contributed by atoms with Gasteiger partial charge in [-0.05, 0) is 6.42 Å². The summed E-state index contributed by atoms with van der Waals surface area (Å²) in [4.78, 5) is 31.3. The summed E-state index contributed by atoms with van der Waals surface area (Å²) in [6.07, 6.45) is -0.778. The SMILES string of the molecule is CCC(C#N)OC(=O)c1cc([N+](=O)[O-])cc([N+](=O)[O-])c1. The molecular formula is C11H9N3O6. The van der Waals surface area contributed by atoms with Gasteiger partial charge in [-0.3, -0.25) is 20.2 Å². The zero-order chi connectivity index (χ0) is 15.3. The Morgan fingerprint density at radius 1 is 1.30 bits per heavy atom. The molecule has 0 aromatic heterocycles. The van der Waals surface area contributed by atoms with Crippen LogP contribution in [0.1, 0.15) is 23.7 Å². The average molecular weight is 279 g/mol. The van der Waals surface area contributed by atoms with E-state index in [9.17, 15) is 25.0 Å². The maximum atomic E-state index is 11.7. The topological polar surface area (TPSA) is 136 Å². The number of ether oxygens (including phenoxy) is 1. The van der Waals surface area contributed by atoms with Crippen molar-refractivity contribution in [1.82, 2.24) is 0 Å². The molecule has 9 heteroatoms. The molecule has 0 fully saturated rings. The molecule has 0 saturated carbocycles. The minimum atomic E-state index is -1.02. The number of non-ortho nitro benzene ring substituents is 2. The summed E-state index contributed by atoms with van der Waals surface area (Å²) in [5.74, 6) is -1.02. The van der Waals surface area contributed by atoms with Gasteiger partial charge in [0, 0.05) is 12.1 Å². The Balaban J connectivity index is 3.17. The van der Waals surface area contributed by atoms with E-state index in [2.05, 4.69) is 0 Å². The van der Waals surface area contributed by atoms with E-state index < -0.39 is 33.3 Å². The summed E-state index contributed by atoms with van der Waals surface area (Å²) in [5.41, 5.74) is -1.55. The molecule has 0 radical (unpaired) electrons. The van der Waals surface area contributed by atoms with Gasteiger partial charge in [-0.15, -0.1) is 0 Å². The number of nitrogens with zero attached hydrogens (tertiary/aromatic N) is 3. The van der Waals surface area contributed by atoms with Gasteiger partial charge in [0.2, 0.25) is 0 Å². The number of hydrogen-bond donors (Lipinski definition) is 0. The highest BCUT2D eigenvalue weighted by atomic mass is 16.6. The van der Waals surface area contributed by atoms with Gasteiger partial charge in [-0.2, -0.15) is 5.26 Å². The lowest BCUT2D eigenvalue weighted by atomic mass is 10.1. The van der Waals surface area contributed by atoms with Gasteiger partial charge in [-0.25, -0.2) is 4.79 Å². The number of nitro benzene ring substituents is 2. The van der Waals surface area contributed by atoms with Crippen LogP contribution < -0.4 is 0 Å². The van der Waals surface area contributed by atoms with Crippen molar-refractivity contribution >= 4 is 17.3 Å². The van der Waals surface area contributed by atoms with Crippen LogP contribution in [-0.4, -0.2) is 21.9 Å². The van der Waals surface area contributed by atoms with E-state index in [1.54, 1.807) is 13.0 Å². The molecule has 1 unspecified atom stereocenters. The van der Waals surface area contributed by atoms with Gasteiger partial charge >= 0.3 is 5.97 Å². The number of hydrogen-bond acceptors (Lipinski definition) is 7. The normalized spacial score (nSPS) is 11.2. The predicted molar refractivity (Wildman–Crippen MR) is 64.9 cm³/mol. The molecule has 0 aliphatic carbocycles. The van der Waals surface area contributed by atoms with Crippen LogP contribution in [0.3, 0.4) is 0 Å². The summed E-state index contributed by atoms with van der Waals surface area (Å²) < 4.78 is 4.76. The Labute approximate surface area is 112 Å². The monoisotopic (exact) mass is 279 g/mol. The molecule has 1 aromatic rings. The molecule has 0 N–H and O–H groups in total. The number of carbonyl (C=O) groups excluding carboxylic acids is 1. The molecule has 0 aliphatic heterocycles. The number of rotatable bonds is 5. The van der Waals surface area contributed by atoms with Crippen molar-refractivity contribution in [3.63, 3.8) is 0 Å². The predicted octanol–water partition coefficient (Wildman–Crippen LogP) is 1.96. The second-order valence-electron chi connectivity index (χ2n) is 3.68. The summed E-state index contributed by atoms with van der Waals surface area (Å²) in [6.45, 7) is 1.61. The van der Waals surface area contributed by atoms with Gasteiger partial charge in [0.05, 0.1) is 21.5 Å². The lowest BCUT2D eigenvalue weighted by Crippen LogP contribution is -2.16. The molecule has 0 bridgehead atoms. The molecular weight excluding hydrogens is 270 g/mol. The van der Waals surface area contributed by atoms with Crippen molar-refractivity contribution in [2.45, 2.75) is 19.4 Å². The van der Waals surface area contributed by atoms with Crippen LogP contribution in [0.25, 0.3) is 0 Å². The first kappa shape index (κ1) is 15.0. The maximum Gasteiger partial charge on any atom is 0.339 e. The molecule has 1 rings (SSSR count). The van der Waals surface area contributed by atoms with Gasteiger partial charge in [0.15, 0.2) is 6.10 Å². The van der Waals surface area contributed by atoms with E-state index in [-0.39, 0.29) is 12.0 Å². The van der Waals surface area contributed by atoms with Crippen LogP contribution in [0, 0.1) is 31.6 Å². The summed E-state index contributed by atoms with van der Waals surface area (Å²) in [6, 6.07) is 4.17. The standard InChI is InChI=1S/C11H9N3O6/c1-2-10(6-12)20-11(15)7-3-8(13(16)17)5-9(4-7)14(18)19/h3-5,10H,2H2,1H3. The minimum Gasteiger partial charge on any atom is -0.443 e. The van der Waals surface area contributed by atoms with Crippen molar-refractivity contribution < 1.29 is 19.4 Å². The molecule has 20 heavy (non-hydrogen) atoms. The number of benzene rings is 1. The Hall–Kier alpha value is -3.02. The van der Waals surface area contributed by atoms with Crippen molar-refractivity contribution in [2.24, 2.45) is 0 Å². The molecule has 104 valence electrons. The van der Waals surface area contributed by atoms with Crippen LogP contribution in [0.4, 0.5) is 11.4 Å². The first-order valence-electron chi connectivity index (χ1n) is 5.43. The first-order valence-corrected chi connectivity index (χ1v) is 5.43. The number of carbonyl (C=O) groups is 1. The van der Waals surface area contributed by atoms with Crippen molar-refractivity contribution in [1.29, 1.82) is 5.26 Å². The Bertz CT molecular complexity index is 574. The third kappa shape index (κ3) is 3.49. The second kappa shape index (κ2) is 6.24. The molecule has 0 heterocycles. The van der Waals surface area contributed by atoms with E-state index in [1.165, 1.54) is 0 Å². The molecule has 0 spiro atoms. The number of nitro groups is 2. The van der Waals surface area contributed by atoms with Crippen LogP contribution in [0.15, 0.2) is 18.2 Å². The van der Waals surface area contributed by atoms with E-state index >= 15 is 0 Å². The molecule has 1 atom stereocenters. The van der Waals surface area contributed by atoms with Gasteiger partial charge in [0.25, 0.3) is 11.4 Å². The largest absolute Gasteiger partial charge is 0.443 e. The maximum absolute atomic E-state index is 11.7. The van der Waals surface area contributed by atoms with E-state index in [0.717, 1.165) is 18.2 Å². The van der Waals surface area contributed by atoms with E-state index in [4.69, 9.17) is 10.00 Å². The lowest BCUT2D eigenvalue weighted by molar-refractivity contribution is -0.394. The fourth-order valence-electron chi connectivity index (χ4n) is 1.32. The van der Waals surface area contributed by atoms with Crippen LogP contribution in [0.5, 0.6) is 0 Å². The summed E-state index contributed by atoms with van der Waals surface area (Å²) in [5, 5.41) is 30.0. The lowest BCUT2D eigenvalue weighted by Gasteiger charge is -2.08. The van der Waals surface area contributed by atoms with Crippen molar-refractivity contribution in [3.8, 4) is 6.07 Å². The molecule has 0 amide bonds. The van der Waals surface area contributed by atoms with Crippen LogP contribution in [0.2, 0.25) is 0 Å². The quantitative estimate of drug-likeness (QED) is 0.456. The zero-order valence-corrected chi connectivity index (χ0v) is 10.3. The van der Waals surface area contributed by atoms with Crippen molar-refractivity contribution in [2.75, 3.05) is 0 Å². The zero-order valence-electron chi connectivity index (χ0n) is 10.3. The fraction of sp³-hybridized carbons (Fsp3) is 0.273. The molecule has 0 saturated heterocycles. The fourth-order valence-corrected chi connectivity index (χ4v) is 1.32. The first-order chi connectivity index (χ1) is 9.38. The van der Waals surface area contributed by atoms with Crippen molar-refractivity contribution in [3.05, 3.63) is 44.0 Å². The molecule has 9 nitrogen and oxygen atoms in total. The van der Waals surface area contributed by atoms with Crippen LogP contribution >= 0.6 is 0 Å². The average Bonchev–Trinajstić information content (AvgIpc) is 2.43. The molecule has 1 aromatic carbocycles. The molecule has 0 aliphatic rings. The van der Waals surface area contributed by atoms with Gasteiger partial charge in [-0.1, -0.05) is 6.92 Å². The third-order valence-corrected chi connectivity index (χ3v) is 2.32. The Kier molecular flexibility index (Phi) is 4.69. The third-order valence-electron chi connectivity index (χ3n) is 2.32. The highest BCUT2D eigenvalue weighted by Crippen LogP contribution is 2.23. The summed E-state index contributed by atoms with van der Waals surface area (Å²) >= 11 is 0. The second-order valence-corrected chi connectivity index (χ2v) is 3.68. The van der Waals surface area contributed by atoms with Gasteiger partial charge < -0.3 is 4.74 Å².